The standard InChI is InChI=1S/C17H25N5O2S/c1-3-18-15(23)12-25-17-20-19-16(21-8-6-13(2)7-9-21)22(17)11-14-5-4-10-24-14/h4-5,10,13H,3,6-9,11-12H2,1-2H3,(H,18,23). The number of nitrogens with zero attached hydrogens (tertiary/aromatic N) is 4. The molecule has 2 aromatic heterocycles. The molecule has 0 spiro atoms. The largest absolute Gasteiger partial charge is 0.467 e. The first kappa shape index (κ1) is 17.8. The van der Waals surface area contributed by atoms with Crippen LogP contribution in [0.15, 0.2) is 28.0 Å². The van der Waals surface area contributed by atoms with Crippen LogP contribution in [0.25, 0.3) is 0 Å². The Morgan fingerprint density at radius 1 is 1.40 bits per heavy atom. The molecule has 1 N–H and O–H groups in total. The van der Waals surface area contributed by atoms with Gasteiger partial charge in [0.05, 0.1) is 18.6 Å². The van der Waals surface area contributed by atoms with E-state index in [1.54, 1.807) is 6.26 Å². The highest BCUT2D eigenvalue weighted by atomic mass is 32.2. The molecule has 1 aliphatic heterocycles. The third-order valence-corrected chi connectivity index (χ3v) is 5.33. The van der Waals surface area contributed by atoms with Crippen LogP contribution in [0.4, 0.5) is 5.95 Å². The summed E-state index contributed by atoms with van der Waals surface area (Å²) in [7, 11) is 0. The second-order valence-corrected chi connectivity index (χ2v) is 7.30. The Kier molecular flexibility index (Phi) is 6.01. The second kappa shape index (κ2) is 8.42. The molecule has 7 nitrogen and oxygen atoms in total. The number of carbonyl (C=O) groups excluding carboxylic acids is 1. The monoisotopic (exact) mass is 363 g/mol. The van der Waals surface area contributed by atoms with E-state index in [0.29, 0.717) is 18.8 Å². The van der Waals surface area contributed by atoms with Gasteiger partial charge in [-0.25, -0.2) is 0 Å². The van der Waals surface area contributed by atoms with Crippen LogP contribution in [0.3, 0.4) is 0 Å². The highest BCUT2D eigenvalue weighted by Gasteiger charge is 2.23. The molecule has 136 valence electrons. The molecule has 1 fully saturated rings. The first-order valence-corrected chi connectivity index (χ1v) is 9.76. The van der Waals surface area contributed by atoms with Crippen molar-refractivity contribution in [2.75, 3.05) is 30.3 Å². The fourth-order valence-corrected chi connectivity index (χ4v) is 3.67. The Morgan fingerprint density at radius 2 is 2.20 bits per heavy atom. The van der Waals surface area contributed by atoms with E-state index in [1.807, 2.05) is 19.1 Å². The quantitative estimate of drug-likeness (QED) is 0.761. The van der Waals surface area contributed by atoms with Crippen LogP contribution in [0, 0.1) is 5.92 Å². The molecule has 3 rings (SSSR count). The van der Waals surface area contributed by atoms with Gasteiger partial charge in [-0.15, -0.1) is 10.2 Å². The molecule has 0 radical (unpaired) electrons. The van der Waals surface area contributed by atoms with Gasteiger partial charge in [0.15, 0.2) is 5.16 Å². The van der Waals surface area contributed by atoms with Crippen LogP contribution < -0.4 is 10.2 Å². The van der Waals surface area contributed by atoms with E-state index in [2.05, 4.69) is 31.9 Å². The molecule has 0 unspecified atom stereocenters. The smallest absolute Gasteiger partial charge is 0.230 e. The maximum atomic E-state index is 11.8. The number of anilines is 1. The first-order chi connectivity index (χ1) is 12.2. The Labute approximate surface area is 152 Å². The number of rotatable bonds is 7. The van der Waals surface area contributed by atoms with Gasteiger partial charge in [-0.1, -0.05) is 18.7 Å². The zero-order valence-corrected chi connectivity index (χ0v) is 15.6. The Morgan fingerprint density at radius 3 is 2.88 bits per heavy atom. The summed E-state index contributed by atoms with van der Waals surface area (Å²) in [6.45, 7) is 7.38. The molecule has 0 atom stereocenters. The Balaban J connectivity index is 1.78. The first-order valence-electron chi connectivity index (χ1n) is 8.77. The lowest BCUT2D eigenvalue weighted by atomic mass is 10.00. The number of hydrogen-bond acceptors (Lipinski definition) is 6. The fourth-order valence-electron chi connectivity index (χ4n) is 2.91. The van der Waals surface area contributed by atoms with Gasteiger partial charge in [0.1, 0.15) is 5.76 Å². The average molecular weight is 363 g/mol. The van der Waals surface area contributed by atoms with Crippen molar-refractivity contribution in [2.45, 2.75) is 38.4 Å². The Hall–Kier alpha value is -1.96. The summed E-state index contributed by atoms with van der Waals surface area (Å²) in [6.07, 6.45) is 3.99. The van der Waals surface area contributed by atoms with Crippen LogP contribution in [-0.2, 0) is 11.3 Å². The van der Waals surface area contributed by atoms with E-state index in [0.717, 1.165) is 48.7 Å². The predicted molar refractivity (Wildman–Crippen MR) is 97.9 cm³/mol. The molecule has 8 heteroatoms. The van der Waals surface area contributed by atoms with E-state index in [1.165, 1.54) is 11.8 Å². The van der Waals surface area contributed by atoms with Gasteiger partial charge >= 0.3 is 0 Å². The van der Waals surface area contributed by atoms with Crippen molar-refractivity contribution >= 4 is 23.6 Å². The Bertz CT molecular complexity index is 677. The maximum Gasteiger partial charge on any atom is 0.230 e. The number of thioether (sulfide) groups is 1. The molecule has 1 saturated heterocycles. The number of piperidine rings is 1. The van der Waals surface area contributed by atoms with Gasteiger partial charge < -0.3 is 14.6 Å². The highest BCUT2D eigenvalue weighted by molar-refractivity contribution is 7.99. The van der Waals surface area contributed by atoms with Gasteiger partial charge in [0.2, 0.25) is 11.9 Å². The van der Waals surface area contributed by atoms with Crippen LogP contribution in [0.5, 0.6) is 0 Å². The number of nitrogens with one attached hydrogen (secondary N) is 1. The van der Waals surface area contributed by atoms with Crippen molar-refractivity contribution in [3.63, 3.8) is 0 Å². The van der Waals surface area contributed by atoms with Gasteiger partial charge in [0, 0.05) is 19.6 Å². The topological polar surface area (TPSA) is 76.2 Å². The molecule has 0 bridgehead atoms. The minimum absolute atomic E-state index is 0.00777. The minimum atomic E-state index is 0.00777. The molecule has 25 heavy (non-hydrogen) atoms. The molecule has 2 aromatic rings. The van der Waals surface area contributed by atoms with Crippen molar-refractivity contribution in [3.05, 3.63) is 24.2 Å². The number of aromatic nitrogens is 3. The number of hydrogen-bond donors (Lipinski definition) is 1. The van der Waals surface area contributed by atoms with Crippen LogP contribution >= 0.6 is 11.8 Å². The van der Waals surface area contributed by atoms with Crippen LogP contribution in [0.1, 0.15) is 32.4 Å². The summed E-state index contributed by atoms with van der Waals surface area (Å²) in [5.74, 6) is 2.81. The third kappa shape index (κ3) is 4.56. The number of furan rings is 1. The van der Waals surface area contributed by atoms with E-state index < -0.39 is 0 Å². The van der Waals surface area contributed by atoms with Gasteiger partial charge in [-0.2, -0.15) is 0 Å². The van der Waals surface area contributed by atoms with Crippen molar-refractivity contribution in [1.82, 2.24) is 20.1 Å². The molecule has 0 aliphatic carbocycles. The van der Waals surface area contributed by atoms with Crippen LogP contribution in [0.2, 0.25) is 0 Å². The van der Waals surface area contributed by atoms with Crippen LogP contribution in [-0.4, -0.2) is 46.1 Å². The third-order valence-electron chi connectivity index (χ3n) is 4.36. The summed E-state index contributed by atoms with van der Waals surface area (Å²) in [5.41, 5.74) is 0. The van der Waals surface area contributed by atoms with Crippen molar-refractivity contribution in [2.24, 2.45) is 5.92 Å². The van der Waals surface area contributed by atoms with E-state index in [4.69, 9.17) is 4.42 Å². The molecule has 1 amide bonds. The zero-order chi connectivity index (χ0) is 17.6. The molecular weight excluding hydrogens is 338 g/mol. The summed E-state index contributed by atoms with van der Waals surface area (Å²) >= 11 is 1.41. The van der Waals surface area contributed by atoms with Crippen molar-refractivity contribution < 1.29 is 9.21 Å². The predicted octanol–water partition coefficient (Wildman–Crippen LogP) is 2.38. The van der Waals surface area contributed by atoms with E-state index in [-0.39, 0.29) is 5.91 Å². The van der Waals surface area contributed by atoms with Gasteiger partial charge in [-0.05, 0) is 37.8 Å². The molecular formula is C17H25N5O2S. The number of amides is 1. The lowest BCUT2D eigenvalue weighted by Crippen LogP contribution is -2.35. The minimum Gasteiger partial charge on any atom is -0.467 e. The SMILES string of the molecule is CCNC(=O)CSc1nnc(N2CCC(C)CC2)n1Cc1ccco1. The van der Waals surface area contributed by atoms with Crippen molar-refractivity contribution in [3.8, 4) is 0 Å². The average Bonchev–Trinajstić information content (AvgIpc) is 3.25. The molecule has 1 aliphatic rings. The molecule has 0 saturated carbocycles. The number of carbonyl (C=O) groups is 1. The van der Waals surface area contributed by atoms with Crippen molar-refractivity contribution in [1.29, 1.82) is 0 Å². The fraction of sp³-hybridized carbons (Fsp3) is 0.588. The van der Waals surface area contributed by atoms with Gasteiger partial charge in [0.25, 0.3) is 0 Å². The zero-order valence-electron chi connectivity index (χ0n) is 14.8. The van der Waals surface area contributed by atoms with Gasteiger partial charge in [-0.3, -0.25) is 9.36 Å². The summed E-state index contributed by atoms with van der Waals surface area (Å²) in [4.78, 5) is 14.1. The summed E-state index contributed by atoms with van der Waals surface area (Å²) < 4.78 is 7.56. The lowest BCUT2D eigenvalue weighted by molar-refractivity contribution is -0.118. The summed E-state index contributed by atoms with van der Waals surface area (Å²) in [5, 5.41) is 12.3. The van der Waals surface area contributed by atoms with E-state index in [9.17, 15) is 4.79 Å². The molecule has 0 aromatic carbocycles. The van der Waals surface area contributed by atoms with E-state index >= 15 is 0 Å². The highest BCUT2D eigenvalue weighted by Crippen LogP contribution is 2.27. The summed E-state index contributed by atoms with van der Waals surface area (Å²) in [6, 6.07) is 3.82. The normalized spacial score (nSPS) is 15.5. The lowest BCUT2D eigenvalue weighted by Gasteiger charge is -2.31. The second-order valence-electron chi connectivity index (χ2n) is 6.36. The molecule has 3 heterocycles. The maximum absolute atomic E-state index is 11.8.